The third-order valence-corrected chi connectivity index (χ3v) is 6.59. The molecule has 0 N–H and O–H groups in total. The molecule has 0 unspecified atom stereocenters. The molecule has 5 rings (SSSR count). The summed E-state index contributed by atoms with van der Waals surface area (Å²) in [5.41, 5.74) is 7.70. The zero-order valence-electron chi connectivity index (χ0n) is 17.6. The van der Waals surface area contributed by atoms with Crippen LogP contribution in [0.1, 0.15) is 44.2 Å². The van der Waals surface area contributed by atoms with Crippen molar-refractivity contribution in [3.8, 4) is 0 Å². The van der Waals surface area contributed by atoms with Crippen molar-refractivity contribution in [1.29, 1.82) is 0 Å². The Morgan fingerprint density at radius 3 is 1.97 bits per heavy atom. The van der Waals surface area contributed by atoms with Gasteiger partial charge in [-0.3, -0.25) is 9.69 Å². The first-order chi connectivity index (χ1) is 14.7. The van der Waals surface area contributed by atoms with Gasteiger partial charge < -0.3 is 4.90 Å². The molecule has 0 atom stereocenters. The van der Waals surface area contributed by atoms with Gasteiger partial charge in [0.15, 0.2) is 0 Å². The van der Waals surface area contributed by atoms with E-state index in [4.69, 9.17) is 0 Å². The molecule has 0 radical (unpaired) electrons. The van der Waals surface area contributed by atoms with Crippen LogP contribution >= 0.6 is 0 Å². The summed E-state index contributed by atoms with van der Waals surface area (Å²) < 4.78 is 0. The van der Waals surface area contributed by atoms with E-state index in [-0.39, 0.29) is 11.9 Å². The van der Waals surface area contributed by atoms with E-state index in [1.54, 1.807) is 0 Å². The first kappa shape index (κ1) is 19.1. The highest BCUT2D eigenvalue weighted by atomic mass is 16.2. The minimum Gasteiger partial charge on any atom is -0.336 e. The first-order valence-corrected chi connectivity index (χ1v) is 11.0. The average Bonchev–Trinajstić information content (AvgIpc) is 2.96. The SMILES string of the molecule is Cc1cccc(C(=O)N2CCN(C3c4ccccc4CCc4ccccc43)CC2)c1. The van der Waals surface area contributed by atoms with Gasteiger partial charge in [0.1, 0.15) is 0 Å². The van der Waals surface area contributed by atoms with Gasteiger partial charge in [0.25, 0.3) is 5.91 Å². The zero-order valence-corrected chi connectivity index (χ0v) is 17.6. The molecular weight excluding hydrogens is 368 g/mol. The molecule has 3 nitrogen and oxygen atoms in total. The number of amides is 1. The Balaban J connectivity index is 1.40. The van der Waals surface area contributed by atoms with Gasteiger partial charge in [-0.25, -0.2) is 0 Å². The van der Waals surface area contributed by atoms with Crippen LogP contribution in [0, 0.1) is 6.92 Å². The molecule has 1 amide bonds. The summed E-state index contributed by atoms with van der Waals surface area (Å²) >= 11 is 0. The van der Waals surface area contributed by atoms with Crippen molar-refractivity contribution in [2.45, 2.75) is 25.8 Å². The van der Waals surface area contributed by atoms with E-state index in [1.807, 2.05) is 36.1 Å². The van der Waals surface area contributed by atoms with Crippen LogP contribution in [-0.2, 0) is 12.8 Å². The van der Waals surface area contributed by atoms with Gasteiger partial charge in [-0.1, -0.05) is 66.2 Å². The second-order valence-electron chi connectivity index (χ2n) is 8.50. The predicted octanol–water partition coefficient (Wildman–Crippen LogP) is 4.64. The zero-order chi connectivity index (χ0) is 20.5. The summed E-state index contributed by atoms with van der Waals surface area (Å²) in [6.07, 6.45) is 2.19. The van der Waals surface area contributed by atoms with Crippen molar-refractivity contribution < 1.29 is 4.79 Å². The number of aryl methyl sites for hydroxylation is 3. The van der Waals surface area contributed by atoms with Gasteiger partial charge in [0, 0.05) is 31.7 Å². The average molecular weight is 397 g/mol. The number of carbonyl (C=O) groups is 1. The van der Waals surface area contributed by atoms with E-state index in [2.05, 4.69) is 53.4 Å². The molecular formula is C27H28N2O. The van der Waals surface area contributed by atoms with E-state index in [1.165, 1.54) is 22.3 Å². The van der Waals surface area contributed by atoms with Gasteiger partial charge in [-0.15, -0.1) is 0 Å². The quantitative estimate of drug-likeness (QED) is 0.630. The highest BCUT2D eigenvalue weighted by molar-refractivity contribution is 5.94. The van der Waals surface area contributed by atoms with E-state index in [0.717, 1.165) is 50.1 Å². The van der Waals surface area contributed by atoms with Gasteiger partial charge in [0.05, 0.1) is 6.04 Å². The molecule has 1 fully saturated rings. The summed E-state index contributed by atoms with van der Waals surface area (Å²) in [7, 11) is 0. The lowest BCUT2D eigenvalue weighted by Crippen LogP contribution is -2.50. The Hall–Kier alpha value is -2.91. The monoisotopic (exact) mass is 396 g/mol. The fourth-order valence-corrected chi connectivity index (χ4v) is 5.03. The molecule has 0 spiro atoms. The number of hydrogen-bond donors (Lipinski definition) is 0. The number of rotatable bonds is 2. The molecule has 0 bridgehead atoms. The third-order valence-electron chi connectivity index (χ3n) is 6.59. The van der Waals surface area contributed by atoms with Crippen molar-refractivity contribution in [2.75, 3.05) is 26.2 Å². The molecule has 2 aliphatic rings. The van der Waals surface area contributed by atoms with Crippen LogP contribution in [-0.4, -0.2) is 41.9 Å². The van der Waals surface area contributed by atoms with E-state index in [0.29, 0.717) is 0 Å². The van der Waals surface area contributed by atoms with Crippen LogP contribution in [0.2, 0.25) is 0 Å². The van der Waals surface area contributed by atoms with Crippen LogP contribution in [0.25, 0.3) is 0 Å². The van der Waals surface area contributed by atoms with E-state index in [9.17, 15) is 4.79 Å². The van der Waals surface area contributed by atoms with Crippen LogP contribution < -0.4 is 0 Å². The Labute approximate surface area is 178 Å². The van der Waals surface area contributed by atoms with Crippen LogP contribution in [0.15, 0.2) is 72.8 Å². The largest absolute Gasteiger partial charge is 0.336 e. The highest BCUT2D eigenvalue weighted by Gasteiger charge is 2.32. The predicted molar refractivity (Wildman–Crippen MR) is 121 cm³/mol. The smallest absolute Gasteiger partial charge is 0.253 e. The van der Waals surface area contributed by atoms with E-state index >= 15 is 0 Å². The maximum atomic E-state index is 13.0. The molecule has 1 aliphatic heterocycles. The number of fused-ring (bicyclic) bond motifs is 2. The third kappa shape index (κ3) is 3.54. The summed E-state index contributed by atoms with van der Waals surface area (Å²) in [4.78, 5) is 17.6. The Morgan fingerprint density at radius 2 is 1.37 bits per heavy atom. The molecule has 1 heterocycles. The molecule has 3 aromatic carbocycles. The van der Waals surface area contributed by atoms with Gasteiger partial charge in [-0.2, -0.15) is 0 Å². The topological polar surface area (TPSA) is 23.6 Å². The molecule has 30 heavy (non-hydrogen) atoms. The van der Waals surface area contributed by atoms with Crippen molar-refractivity contribution in [2.24, 2.45) is 0 Å². The van der Waals surface area contributed by atoms with Crippen molar-refractivity contribution >= 4 is 5.91 Å². The van der Waals surface area contributed by atoms with E-state index < -0.39 is 0 Å². The lowest BCUT2D eigenvalue weighted by atomic mass is 9.92. The molecule has 1 saturated heterocycles. The van der Waals surface area contributed by atoms with Gasteiger partial charge in [-0.05, 0) is 54.2 Å². The maximum Gasteiger partial charge on any atom is 0.253 e. The van der Waals surface area contributed by atoms with Crippen molar-refractivity contribution in [3.05, 3.63) is 106 Å². The summed E-state index contributed by atoms with van der Waals surface area (Å²) in [6, 6.07) is 26.0. The number of nitrogens with zero attached hydrogens (tertiary/aromatic N) is 2. The summed E-state index contributed by atoms with van der Waals surface area (Å²) in [5, 5.41) is 0. The molecule has 1 aliphatic carbocycles. The normalized spacial score (nSPS) is 17.2. The van der Waals surface area contributed by atoms with Gasteiger partial charge >= 0.3 is 0 Å². The second kappa shape index (κ2) is 8.08. The Bertz CT molecular complexity index is 1020. The molecule has 3 heteroatoms. The van der Waals surface area contributed by atoms with Crippen LogP contribution in [0.3, 0.4) is 0 Å². The molecule has 3 aromatic rings. The maximum absolute atomic E-state index is 13.0. The minimum atomic E-state index is 0.153. The van der Waals surface area contributed by atoms with Crippen LogP contribution in [0.4, 0.5) is 0 Å². The summed E-state index contributed by atoms with van der Waals surface area (Å²) in [6.45, 7) is 5.37. The lowest BCUT2D eigenvalue weighted by molar-refractivity contribution is 0.0597. The molecule has 152 valence electrons. The second-order valence-corrected chi connectivity index (χ2v) is 8.50. The first-order valence-electron chi connectivity index (χ1n) is 11.0. The number of carbonyl (C=O) groups excluding carboxylic acids is 1. The Kier molecular flexibility index (Phi) is 5.14. The lowest BCUT2D eigenvalue weighted by Gasteiger charge is -2.40. The molecule has 0 saturated carbocycles. The minimum absolute atomic E-state index is 0.153. The summed E-state index contributed by atoms with van der Waals surface area (Å²) in [5.74, 6) is 0.153. The highest BCUT2D eigenvalue weighted by Crippen LogP contribution is 2.37. The Morgan fingerprint density at radius 1 is 0.767 bits per heavy atom. The fourth-order valence-electron chi connectivity index (χ4n) is 5.03. The molecule has 0 aromatic heterocycles. The fraction of sp³-hybridized carbons (Fsp3) is 0.296. The van der Waals surface area contributed by atoms with Crippen molar-refractivity contribution in [3.63, 3.8) is 0 Å². The number of hydrogen-bond acceptors (Lipinski definition) is 2. The van der Waals surface area contributed by atoms with Crippen LogP contribution in [0.5, 0.6) is 0 Å². The van der Waals surface area contributed by atoms with Crippen molar-refractivity contribution in [1.82, 2.24) is 9.80 Å². The number of benzene rings is 3. The standard InChI is InChI=1S/C27H28N2O/c1-20-7-6-10-23(19-20)27(30)29-17-15-28(16-18-29)26-24-11-4-2-8-21(24)13-14-22-9-3-5-12-25(22)26/h2-12,19,26H,13-18H2,1H3. The van der Waals surface area contributed by atoms with Gasteiger partial charge in [0.2, 0.25) is 0 Å². The number of piperazine rings is 1.